The second-order valence-electron chi connectivity index (χ2n) is 4.57. The summed E-state index contributed by atoms with van der Waals surface area (Å²) in [6.45, 7) is 4.73. The van der Waals surface area contributed by atoms with E-state index >= 15 is 0 Å². The normalized spacial score (nSPS) is 12.4. The molecule has 0 bridgehead atoms. The van der Waals surface area contributed by atoms with Crippen molar-refractivity contribution in [2.24, 2.45) is 7.05 Å². The molecule has 0 fully saturated rings. The molecule has 1 heterocycles. The minimum Gasteiger partial charge on any atom is -0.496 e. The van der Waals surface area contributed by atoms with Crippen LogP contribution >= 0.6 is 0 Å². The number of methoxy groups -OCH3 is 1. The van der Waals surface area contributed by atoms with Gasteiger partial charge in [-0.1, -0.05) is 18.2 Å². The molecule has 0 unspecified atom stereocenters. The molecule has 0 saturated carbocycles. The first kappa shape index (κ1) is 13.5. The Morgan fingerprint density at radius 2 is 2.05 bits per heavy atom. The highest BCUT2D eigenvalue weighted by molar-refractivity contribution is 5.35. The summed E-state index contributed by atoms with van der Waals surface area (Å²) < 4.78 is 7.36. The van der Waals surface area contributed by atoms with Gasteiger partial charge in [-0.25, -0.2) is 0 Å². The van der Waals surface area contributed by atoms with Crippen molar-refractivity contribution in [3.8, 4) is 5.75 Å². The van der Waals surface area contributed by atoms with E-state index in [4.69, 9.17) is 4.74 Å². The minimum atomic E-state index is 0.188. The molecule has 0 saturated heterocycles. The van der Waals surface area contributed by atoms with E-state index in [2.05, 4.69) is 28.5 Å². The highest BCUT2D eigenvalue weighted by Crippen LogP contribution is 2.24. The van der Waals surface area contributed by atoms with Crippen molar-refractivity contribution in [3.05, 3.63) is 41.5 Å². The molecule has 2 rings (SSSR count). The first-order valence-corrected chi connectivity index (χ1v) is 6.34. The molecule has 0 aliphatic heterocycles. The number of hydrogen-bond acceptors (Lipinski definition) is 4. The topological polar surface area (TPSA) is 52.0 Å². The number of ether oxygens (including phenoxy) is 1. The number of aryl methyl sites for hydroxylation is 1. The maximum absolute atomic E-state index is 5.37. The summed E-state index contributed by atoms with van der Waals surface area (Å²) >= 11 is 0. The molecule has 19 heavy (non-hydrogen) atoms. The third-order valence-electron chi connectivity index (χ3n) is 3.35. The van der Waals surface area contributed by atoms with E-state index in [1.54, 1.807) is 7.11 Å². The lowest BCUT2D eigenvalue weighted by Crippen LogP contribution is -2.20. The molecule has 2 aromatic rings. The number of benzene rings is 1. The summed E-state index contributed by atoms with van der Waals surface area (Å²) in [5, 5.41) is 11.6. The average Bonchev–Trinajstić information content (AvgIpc) is 2.76. The summed E-state index contributed by atoms with van der Waals surface area (Å²) in [5.74, 6) is 2.75. The van der Waals surface area contributed by atoms with Crippen LogP contribution in [-0.2, 0) is 13.6 Å². The van der Waals surface area contributed by atoms with Gasteiger partial charge in [0, 0.05) is 18.7 Å². The van der Waals surface area contributed by atoms with Gasteiger partial charge in [0.25, 0.3) is 0 Å². The highest BCUT2D eigenvalue weighted by Gasteiger charge is 2.12. The Labute approximate surface area is 113 Å². The zero-order chi connectivity index (χ0) is 13.8. The fourth-order valence-electron chi connectivity index (χ4n) is 1.98. The first-order valence-electron chi connectivity index (χ1n) is 6.34. The molecule has 5 nitrogen and oxygen atoms in total. The van der Waals surface area contributed by atoms with Crippen LogP contribution in [0.15, 0.2) is 24.3 Å². The maximum Gasteiger partial charge on any atom is 0.146 e. The number of nitrogens with one attached hydrogen (secondary N) is 1. The number of aromatic nitrogens is 3. The molecule has 1 atom stereocenters. The molecule has 1 aromatic heterocycles. The number of nitrogens with zero attached hydrogens (tertiary/aromatic N) is 3. The lowest BCUT2D eigenvalue weighted by atomic mass is 10.1. The van der Waals surface area contributed by atoms with Crippen molar-refractivity contribution in [1.29, 1.82) is 0 Å². The SMILES string of the molecule is COc1ccccc1[C@@H](C)NCc1nnc(C)n1C. The van der Waals surface area contributed by atoms with Gasteiger partial charge in [-0.3, -0.25) is 0 Å². The van der Waals surface area contributed by atoms with Crippen molar-refractivity contribution < 1.29 is 4.74 Å². The predicted molar refractivity (Wildman–Crippen MR) is 74.0 cm³/mol. The van der Waals surface area contributed by atoms with Gasteiger partial charge in [-0.15, -0.1) is 10.2 Å². The Bertz CT molecular complexity index is 550. The van der Waals surface area contributed by atoms with Crippen LogP contribution in [0.5, 0.6) is 5.75 Å². The third-order valence-corrected chi connectivity index (χ3v) is 3.35. The monoisotopic (exact) mass is 260 g/mol. The average molecular weight is 260 g/mol. The Morgan fingerprint density at radius 3 is 2.68 bits per heavy atom. The largest absolute Gasteiger partial charge is 0.496 e. The van der Waals surface area contributed by atoms with Crippen molar-refractivity contribution >= 4 is 0 Å². The van der Waals surface area contributed by atoms with Gasteiger partial charge in [-0.2, -0.15) is 0 Å². The lowest BCUT2D eigenvalue weighted by molar-refractivity contribution is 0.400. The maximum atomic E-state index is 5.37. The van der Waals surface area contributed by atoms with Crippen LogP contribution in [0.25, 0.3) is 0 Å². The fourth-order valence-corrected chi connectivity index (χ4v) is 1.98. The van der Waals surface area contributed by atoms with Gasteiger partial charge in [0.1, 0.15) is 17.4 Å². The zero-order valence-electron chi connectivity index (χ0n) is 11.8. The summed E-state index contributed by atoms with van der Waals surface area (Å²) in [4.78, 5) is 0. The molecular formula is C14H20N4O. The van der Waals surface area contributed by atoms with Crippen LogP contribution < -0.4 is 10.1 Å². The first-order chi connectivity index (χ1) is 9.13. The van der Waals surface area contributed by atoms with Gasteiger partial charge in [-0.05, 0) is 19.9 Å². The highest BCUT2D eigenvalue weighted by atomic mass is 16.5. The predicted octanol–water partition coefficient (Wildman–Crippen LogP) is 1.98. The van der Waals surface area contributed by atoms with Crippen LogP contribution in [0.3, 0.4) is 0 Å². The van der Waals surface area contributed by atoms with Crippen molar-refractivity contribution in [3.63, 3.8) is 0 Å². The summed E-state index contributed by atoms with van der Waals surface area (Å²) in [7, 11) is 3.66. The Kier molecular flexibility index (Phi) is 4.16. The smallest absolute Gasteiger partial charge is 0.146 e. The quantitative estimate of drug-likeness (QED) is 0.893. The Hall–Kier alpha value is -1.88. The second kappa shape index (κ2) is 5.84. The summed E-state index contributed by atoms with van der Waals surface area (Å²) in [6, 6.07) is 8.22. The fraction of sp³-hybridized carbons (Fsp3) is 0.429. The Morgan fingerprint density at radius 1 is 1.32 bits per heavy atom. The molecule has 0 spiro atoms. The standard InChI is InChI=1S/C14H20N4O/c1-10(12-7-5-6-8-13(12)19-4)15-9-14-17-16-11(2)18(14)3/h5-8,10,15H,9H2,1-4H3/t10-/m1/s1. The zero-order valence-corrected chi connectivity index (χ0v) is 11.8. The van der Waals surface area contributed by atoms with Gasteiger partial charge in [0.15, 0.2) is 0 Å². The molecular weight excluding hydrogens is 240 g/mol. The van der Waals surface area contributed by atoms with Crippen molar-refractivity contribution in [2.75, 3.05) is 7.11 Å². The van der Waals surface area contributed by atoms with E-state index in [0.29, 0.717) is 6.54 Å². The number of para-hydroxylation sites is 1. The van der Waals surface area contributed by atoms with E-state index in [0.717, 1.165) is 23.0 Å². The molecule has 0 aliphatic carbocycles. The molecule has 0 amide bonds. The van der Waals surface area contributed by atoms with Crippen molar-refractivity contribution in [1.82, 2.24) is 20.1 Å². The second-order valence-corrected chi connectivity index (χ2v) is 4.57. The molecule has 5 heteroatoms. The van der Waals surface area contributed by atoms with Crippen LogP contribution in [0, 0.1) is 6.92 Å². The summed E-state index contributed by atoms with van der Waals surface area (Å²) in [6.07, 6.45) is 0. The van der Waals surface area contributed by atoms with Gasteiger partial charge in [0.2, 0.25) is 0 Å². The molecule has 0 radical (unpaired) electrons. The number of rotatable bonds is 5. The van der Waals surface area contributed by atoms with Gasteiger partial charge >= 0.3 is 0 Å². The van der Waals surface area contributed by atoms with Gasteiger partial charge < -0.3 is 14.6 Å². The lowest BCUT2D eigenvalue weighted by Gasteiger charge is -2.16. The van der Waals surface area contributed by atoms with Crippen LogP contribution in [0.2, 0.25) is 0 Å². The van der Waals surface area contributed by atoms with Gasteiger partial charge in [0.05, 0.1) is 13.7 Å². The van der Waals surface area contributed by atoms with Crippen molar-refractivity contribution in [2.45, 2.75) is 26.4 Å². The third kappa shape index (κ3) is 2.93. The van der Waals surface area contributed by atoms with E-state index < -0.39 is 0 Å². The number of hydrogen-bond donors (Lipinski definition) is 1. The van der Waals surface area contributed by atoms with E-state index in [9.17, 15) is 0 Å². The molecule has 1 N–H and O–H groups in total. The molecule has 102 valence electrons. The van der Waals surface area contributed by atoms with Crippen LogP contribution in [0.4, 0.5) is 0 Å². The van der Waals surface area contributed by atoms with E-state index in [1.807, 2.05) is 36.7 Å². The van der Waals surface area contributed by atoms with Crippen LogP contribution in [0.1, 0.15) is 30.2 Å². The van der Waals surface area contributed by atoms with Crippen LogP contribution in [-0.4, -0.2) is 21.9 Å². The molecule has 1 aromatic carbocycles. The minimum absolute atomic E-state index is 0.188. The Balaban J connectivity index is 2.05. The molecule has 0 aliphatic rings. The van der Waals surface area contributed by atoms with E-state index in [1.165, 1.54) is 0 Å². The van der Waals surface area contributed by atoms with E-state index in [-0.39, 0.29) is 6.04 Å². The summed E-state index contributed by atoms with van der Waals surface area (Å²) in [5.41, 5.74) is 1.14.